The number of nitrogens with zero attached hydrogens (tertiary/aromatic N) is 2. The molecule has 1 aromatic heterocycles. The van der Waals surface area contributed by atoms with Gasteiger partial charge in [-0.15, -0.1) is 0 Å². The molecule has 94 valence electrons. The zero-order valence-corrected chi connectivity index (χ0v) is 9.96. The Labute approximate surface area is 104 Å². The van der Waals surface area contributed by atoms with Crippen molar-refractivity contribution in [2.75, 3.05) is 0 Å². The quantitative estimate of drug-likeness (QED) is 0.796. The zero-order chi connectivity index (χ0) is 13.3. The van der Waals surface area contributed by atoms with Crippen LogP contribution in [0.2, 0.25) is 0 Å². The Hall–Kier alpha value is -1.86. The summed E-state index contributed by atoms with van der Waals surface area (Å²) in [7, 11) is -1.89. The fourth-order valence-corrected chi connectivity index (χ4v) is 1.69. The molecule has 0 fully saturated rings. The van der Waals surface area contributed by atoms with Gasteiger partial charge < -0.3 is 14.7 Å². The van der Waals surface area contributed by atoms with E-state index in [0.717, 1.165) is 0 Å². The summed E-state index contributed by atoms with van der Waals surface area (Å²) in [4.78, 5) is 0. The van der Waals surface area contributed by atoms with Crippen LogP contribution in [-0.2, 0) is 0 Å². The van der Waals surface area contributed by atoms with Crippen molar-refractivity contribution in [3.63, 3.8) is 0 Å². The summed E-state index contributed by atoms with van der Waals surface area (Å²) in [6.07, 6.45) is 0. The second-order valence-corrected chi connectivity index (χ2v) is 3.84. The van der Waals surface area contributed by atoms with Crippen molar-refractivity contribution in [1.29, 1.82) is 0 Å². The molecule has 2 rings (SSSR count). The Morgan fingerprint density at radius 3 is 2.61 bits per heavy atom. The molecule has 0 radical (unpaired) electrons. The van der Waals surface area contributed by atoms with Gasteiger partial charge in [-0.3, -0.25) is 0 Å². The molecule has 0 amide bonds. The molecule has 2 aromatic rings. The standard InChI is InChI=1S/C11H12BFN2O3/c1-7-11(13)8(2)15(14-7)9-4-3-5-10(6-9)18-12(16)17/h3-6,16-17H,1-2H3. The van der Waals surface area contributed by atoms with Gasteiger partial charge in [0, 0.05) is 6.07 Å². The van der Waals surface area contributed by atoms with E-state index in [0.29, 0.717) is 17.1 Å². The van der Waals surface area contributed by atoms with Crippen molar-refractivity contribution in [1.82, 2.24) is 9.78 Å². The van der Waals surface area contributed by atoms with Crippen molar-refractivity contribution >= 4 is 7.32 Å². The highest BCUT2D eigenvalue weighted by molar-refractivity contribution is 6.33. The Morgan fingerprint density at radius 1 is 1.33 bits per heavy atom. The average molecular weight is 250 g/mol. The maximum Gasteiger partial charge on any atom is 0.707 e. The smallest absolute Gasteiger partial charge is 0.512 e. The molecule has 0 atom stereocenters. The van der Waals surface area contributed by atoms with Crippen LogP contribution in [0.4, 0.5) is 4.39 Å². The van der Waals surface area contributed by atoms with Gasteiger partial charge in [-0.2, -0.15) is 5.10 Å². The molecule has 0 aliphatic carbocycles. The SMILES string of the molecule is Cc1nn(-c2cccc(OB(O)O)c2)c(C)c1F. The van der Waals surface area contributed by atoms with Crippen molar-refractivity contribution in [2.24, 2.45) is 0 Å². The van der Waals surface area contributed by atoms with Gasteiger partial charge in [-0.25, -0.2) is 9.07 Å². The Morgan fingerprint density at radius 2 is 2.06 bits per heavy atom. The van der Waals surface area contributed by atoms with Crippen molar-refractivity contribution < 1.29 is 19.1 Å². The minimum absolute atomic E-state index is 0.260. The summed E-state index contributed by atoms with van der Waals surface area (Å²) < 4.78 is 19.7. The molecular weight excluding hydrogens is 238 g/mol. The summed E-state index contributed by atoms with van der Waals surface area (Å²) in [6, 6.07) is 6.47. The number of aromatic nitrogens is 2. The molecule has 2 N–H and O–H groups in total. The number of halogens is 1. The lowest BCUT2D eigenvalue weighted by Crippen LogP contribution is -2.20. The highest BCUT2D eigenvalue weighted by Gasteiger charge is 2.14. The monoisotopic (exact) mass is 250 g/mol. The second-order valence-electron chi connectivity index (χ2n) is 3.84. The van der Waals surface area contributed by atoms with Crippen LogP contribution in [0.1, 0.15) is 11.4 Å². The van der Waals surface area contributed by atoms with E-state index in [2.05, 4.69) is 5.10 Å². The maximum absolute atomic E-state index is 13.6. The molecule has 0 saturated carbocycles. The van der Waals surface area contributed by atoms with E-state index < -0.39 is 7.32 Å². The Balaban J connectivity index is 2.41. The number of aryl methyl sites for hydroxylation is 1. The largest absolute Gasteiger partial charge is 0.707 e. The third kappa shape index (κ3) is 2.37. The van der Waals surface area contributed by atoms with Crippen LogP contribution in [0.15, 0.2) is 24.3 Å². The van der Waals surface area contributed by atoms with Crippen LogP contribution in [0.25, 0.3) is 5.69 Å². The van der Waals surface area contributed by atoms with Crippen LogP contribution in [0.3, 0.4) is 0 Å². The predicted molar refractivity (Wildman–Crippen MR) is 63.8 cm³/mol. The lowest BCUT2D eigenvalue weighted by molar-refractivity contribution is 0.288. The third-order valence-electron chi connectivity index (χ3n) is 2.51. The summed E-state index contributed by atoms with van der Waals surface area (Å²) in [6.45, 7) is 3.19. The van der Waals surface area contributed by atoms with Crippen LogP contribution in [0.5, 0.6) is 5.75 Å². The van der Waals surface area contributed by atoms with Crippen molar-refractivity contribution in [3.05, 3.63) is 41.5 Å². The van der Waals surface area contributed by atoms with Crippen LogP contribution >= 0.6 is 0 Å². The molecule has 18 heavy (non-hydrogen) atoms. The molecule has 5 nitrogen and oxygen atoms in total. The van der Waals surface area contributed by atoms with Crippen LogP contribution in [-0.4, -0.2) is 27.1 Å². The lowest BCUT2D eigenvalue weighted by Gasteiger charge is -2.08. The number of hydrogen-bond donors (Lipinski definition) is 2. The predicted octanol–water partition coefficient (Wildman–Crippen LogP) is 0.977. The minimum atomic E-state index is -1.89. The Kier molecular flexibility index (Phi) is 3.35. The first-order chi connectivity index (χ1) is 8.49. The summed E-state index contributed by atoms with van der Waals surface area (Å²) in [5, 5.41) is 21.5. The molecule has 0 saturated heterocycles. The molecule has 0 aliphatic rings. The molecular formula is C11H12BFN2O3. The highest BCUT2D eigenvalue weighted by Crippen LogP contribution is 2.20. The molecule has 0 spiro atoms. The topological polar surface area (TPSA) is 67.5 Å². The summed E-state index contributed by atoms with van der Waals surface area (Å²) >= 11 is 0. The van der Waals surface area contributed by atoms with Crippen LogP contribution in [0, 0.1) is 19.7 Å². The van der Waals surface area contributed by atoms with Gasteiger partial charge in [0.15, 0.2) is 5.82 Å². The lowest BCUT2D eigenvalue weighted by atomic mass is 10.2. The van der Waals surface area contributed by atoms with E-state index in [4.69, 9.17) is 14.7 Å². The van der Waals surface area contributed by atoms with Crippen LogP contribution < -0.4 is 4.65 Å². The van der Waals surface area contributed by atoms with Gasteiger partial charge >= 0.3 is 7.32 Å². The second kappa shape index (κ2) is 4.79. The fraction of sp³-hybridized carbons (Fsp3) is 0.182. The van der Waals surface area contributed by atoms with E-state index in [-0.39, 0.29) is 11.6 Å². The molecule has 7 heteroatoms. The van der Waals surface area contributed by atoms with Gasteiger partial charge in [-0.1, -0.05) is 6.07 Å². The van der Waals surface area contributed by atoms with Gasteiger partial charge in [0.25, 0.3) is 0 Å². The first kappa shape index (κ1) is 12.6. The summed E-state index contributed by atoms with van der Waals surface area (Å²) in [5.41, 5.74) is 1.27. The molecule has 0 bridgehead atoms. The summed E-state index contributed by atoms with van der Waals surface area (Å²) in [5.74, 6) is -0.0982. The molecule has 0 unspecified atom stereocenters. The molecule has 0 aliphatic heterocycles. The highest BCUT2D eigenvalue weighted by atomic mass is 19.1. The van der Waals surface area contributed by atoms with E-state index >= 15 is 0 Å². The van der Waals surface area contributed by atoms with E-state index in [1.165, 1.54) is 4.68 Å². The van der Waals surface area contributed by atoms with E-state index in [1.54, 1.807) is 38.1 Å². The van der Waals surface area contributed by atoms with Gasteiger partial charge in [0.2, 0.25) is 0 Å². The third-order valence-corrected chi connectivity index (χ3v) is 2.51. The molecule has 1 heterocycles. The first-order valence-electron chi connectivity index (χ1n) is 5.34. The molecule has 1 aromatic carbocycles. The zero-order valence-electron chi connectivity index (χ0n) is 9.96. The normalized spacial score (nSPS) is 10.5. The van der Waals surface area contributed by atoms with Crippen molar-refractivity contribution in [2.45, 2.75) is 13.8 Å². The first-order valence-corrected chi connectivity index (χ1v) is 5.34. The minimum Gasteiger partial charge on any atom is -0.512 e. The van der Waals surface area contributed by atoms with E-state index in [9.17, 15) is 4.39 Å². The van der Waals surface area contributed by atoms with Gasteiger partial charge in [0.1, 0.15) is 5.75 Å². The van der Waals surface area contributed by atoms with Crippen molar-refractivity contribution in [3.8, 4) is 11.4 Å². The van der Waals surface area contributed by atoms with Gasteiger partial charge in [0.05, 0.1) is 17.1 Å². The van der Waals surface area contributed by atoms with E-state index in [1.807, 2.05) is 0 Å². The Bertz CT molecular complexity index is 571. The average Bonchev–Trinajstić information content (AvgIpc) is 2.56. The number of benzene rings is 1. The maximum atomic E-state index is 13.6. The van der Waals surface area contributed by atoms with Gasteiger partial charge in [-0.05, 0) is 26.0 Å². The number of hydrogen-bond acceptors (Lipinski definition) is 4. The number of rotatable bonds is 3. The fourth-order valence-electron chi connectivity index (χ4n) is 1.69.